The predicted octanol–water partition coefficient (Wildman–Crippen LogP) is 5.50. The van der Waals surface area contributed by atoms with Gasteiger partial charge in [-0.3, -0.25) is 0 Å². The molecule has 3 aromatic carbocycles. The van der Waals surface area contributed by atoms with Crippen molar-refractivity contribution in [3.63, 3.8) is 0 Å². The van der Waals surface area contributed by atoms with Crippen LogP contribution >= 0.6 is 15.9 Å². The van der Waals surface area contributed by atoms with Crippen molar-refractivity contribution in [2.75, 3.05) is 26.4 Å². The van der Waals surface area contributed by atoms with Gasteiger partial charge in [-0.05, 0) is 41.0 Å². The molecule has 1 atom stereocenters. The molecule has 0 fully saturated rings. The van der Waals surface area contributed by atoms with Crippen LogP contribution in [0.1, 0.15) is 28.2 Å². The lowest BCUT2D eigenvalue weighted by Crippen LogP contribution is -2.15. The van der Waals surface area contributed by atoms with Gasteiger partial charge in [-0.15, -0.1) is 0 Å². The fourth-order valence-electron chi connectivity index (χ4n) is 4.01. The van der Waals surface area contributed by atoms with Crippen molar-refractivity contribution in [2.24, 2.45) is 0 Å². The number of halogens is 1. The van der Waals surface area contributed by atoms with Gasteiger partial charge in [-0.25, -0.2) is 0 Å². The molecular formula is C25H23BrO4. The van der Waals surface area contributed by atoms with E-state index in [0.717, 1.165) is 28.1 Å². The molecule has 0 saturated heterocycles. The van der Waals surface area contributed by atoms with Gasteiger partial charge in [0.2, 0.25) is 0 Å². The van der Waals surface area contributed by atoms with Gasteiger partial charge in [0.15, 0.2) is 11.5 Å². The Morgan fingerprint density at radius 1 is 0.867 bits per heavy atom. The molecule has 0 N–H and O–H groups in total. The summed E-state index contributed by atoms with van der Waals surface area (Å²) in [5.41, 5.74) is 4.74. The molecule has 2 heterocycles. The lowest BCUT2D eigenvalue weighted by atomic mass is 9.96. The maximum atomic E-state index is 6.13. The number of rotatable bonds is 6. The van der Waals surface area contributed by atoms with E-state index in [-0.39, 0.29) is 5.92 Å². The Morgan fingerprint density at radius 2 is 1.70 bits per heavy atom. The van der Waals surface area contributed by atoms with Crippen LogP contribution in [0, 0.1) is 0 Å². The molecule has 0 saturated carbocycles. The van der Waals surface area contributed by atoms with Crippen molar-refractivity contribution >= 4 is 15.9 Å². The van der Waals surface area contributed by atoms with Crippen molar-refractivity contribution in [1.29, 1.82) is 0 Å². The first-order valence-corrected chi connectivity index (χ1v) is 11.0. The highest BCUT2D eigenvalue weighted by Gasteiger charge is 2.27. The van der Waals surface area contributed by atoms with Crippen molar-refractivity contribution in [1.82, 2.24) is 0 Å². The Morgan fingerprint density at radius 3 is 2.57 bits per heavy atom. The molecule has 5 heteroatoms. The normalized spacial score (nSPS) is 16.8. The molecule has 154 valence electrons. The second kappa shape index (κ2) is 8.70. The van der Waals surface area contributed by atoms with Gasteiger partial charge >= 0.3 is 0 Å². The van der Waals surface area contributed by atoms with Crippen molar-refractivity contribution in [3.05, 3.63) is 87.4 Å². The average Bonchev–Trinajstić information content (AvgIpc) is 3.17. The highest BCUT2D eigenvalue weighted by atomic mass is 79.9. The number of ether oxygens (including phenoxy) is 4. The van der Waals surface area contributed by atoms with E-state index in [1.807, 2.05) is 24.3 Å². The number of hydrogen-bond donors (Lipinski definition) is 0. The van der Waals surface area contributed by atoms with Crippen LogP contribution in [-0.4, -0.2) is 26.4 Å². The van der Waals surface area contributed by atoms with Crippen LogP contribution in [0.25, 0.3) is 0 Å². The Balaban J connectivity index is 1.31. The molecule has 2 aliphatic rings. The third kappa shape index (κ3) is 4.18. The monoisotopic (exact) mass is 466 g/mol. The van der Waals surface area contributed by atoms with Gasteiger partial charge in [-0.1, -0.05) is 52.3 Å². The lowest BCUT2D eigenvalue weighted by molar-refractivity contribution is 0.100. The summed E-state index contributed by atoms with van der Waals surface area (Å²) in [6.45, 7) is 3.10. The Kier molecular flexibility index (Phi) is 5.65. The maximum absolute atomic E-state index is 6.13. The van der Waals surface area contributed by atoms with Gasteiger partial charge in [-0.2, -0.15) is 0 Å². The zero-order valence-electron chi connectivity index (χ0n) is 16.6. The van der Waals surface area contributed by atoms with Crippen LogP contribution in [0.3, 0.4) is 0 Å². The van der Waals surface area contributed by atoms with Crippen LogP contribution in [0.15, 0.2) is 65.1 Å². The van der Waals surface area contributed by atoms with E-state index in [4.69, 9.17) is 18.9 Å². The Bertz CT molecular complexity index is 1030. The Hall–Kier alpha value is -2.50. The van der Waals surface area contributed by atoms with Gasteiger partial charge in [0.1, 0.15) is 19.0 Å². The minimum absolute atomic E-state index is 0.236. The minimum atomic E-state index is 0.236. The summed E-state index contributed by atoms with van der Waals surface area (Å²) in [4.78, 5) is 0. The van der Waals surface area contributed by atoms with Crippen LogP contribution in [0.5, 0.6) is 17.2 Å². The van der Waals surface area contributed by atoms with E-state index in [0.29, 0.717) is 33.0 Å². The van der Waals surface area contributed by atoms with Gasteiger partial charge < -0.3 is 18.9 Å². The first-order chi connectivity index (χ1) is 14.8. The topological polar surface area (TPSA) is 36.9 Å². The second-order valence-corrected chi connectivity index (χ2v) is 8.56. The minimum Gasteiger partial charge on any atom is -0.492 e. The predicted molar refractivity (Wildman–Crippen MR) is 119 cm³/mol. The summed E-state index contributed by atoms with van der Waals surface area (Å²) in [5.74, 6) is 2.86. The molecule has 0 bridgehead atoms. The third-order valence-corrected chi connectivity index (χ3v) is 5.92. The third-order valence-electron chi connectivity index (χ3n) is 5.46. The van der Waals surface area contributed by atoms with E-state index < -0.39 is 0 Å². The molecule has 30 heavy (non-hydrogen) atoms. The first kappa shape index (κ1) is 19.5. The van der Waals surface area contributed by atoms with Crippen molar-refractivity contribution in [2.45, 2.75) is 18.9 Å². The molecule has 1 unspecified atom stereocenters. The molecule has 5 rings (SSSR count). The Labute approximate surface area is 184 Å². The number of benzene rings is 3. The molecule has 0 aromatic heterocycles. The largest absolute Gasteiger partial charge is 0.492 e. The lowest BCUT2D eigenvalue weighted by Gasteiger charge is -2.19. The standard InChI is InChI=1S/C25H23BrO4/c26-21-12-19(10-18-6-7-23-24(11-18)29-9-8-28-23)25-22(13-21)20(16-30-25)15-27-14-17-4-2-1-3-5-17/h1-7,11-13,20H,8-10,14-16H2. The highest BCUT2D eigenvalue weighted by molar-refractivity contribution is 9.10. The molecule has 2 aliphatic heterocycles. The molecule has 0 amide bonds. The van der Waals surface area contributed by atoms with E-state index in [1.165, 1.54) is 22.3 Å². The summed E-state index contributed by atoms with van der Waals surface area (Å²) in [6, 6.07) is 20.7. The van der Waals surface area contributed by atoms with E-state index in [2.05, 4.69) is 52.3 Å². The fraction of sp³-hybridized carbons (Fsp3) is 0.280. The zero-order chi connectivity index (χ0) is 20.3. The van der Waals surface area contributed by atoms with Crippen LogP contribution in [0.4, 0.5) is 0 Å². The summed E-state index contributed by atoms with van der Waals surface area (Å²) < 4.78 is 24.6. The molecule has 4 nitrogen and oxygen atoms in total. The zero-order valence-corrected chi connectivity index (χ0v) is 18.2. The van der Waals surface area contributed by atoms with Gasteiger partial charge in [0.05, 0.1) is 19.8 Å². The van der Waals surface area contributed by atoms with Crippen molar-refractivity contribution < 1.29 is 18.9 Å². The summed E-state index contributed by atoms with van der Waals surface area (Å²) in [7, 11) is 0. The molecule has 0 radical (unpaired) electrons. The summed E-state index contributed by atoms with van der Waals surface area (Å²) in [5, 5.41) is 0. The van der Waals surface area contributed by atoms with E-state index in [9.17, 15) is 0 Å². The number of fused-ring (bicyclic) bond motifs is 2. The average molecular weight is 467 g/mol. The quantitative estimate of drug-likeness (QED) is 0.480. The molecule has 3 aromatic rings. The summed E-state index contributed by atoms with van der Waals surface area (Å²) in [6.07, 6.45) is 0.774. The smallest absolute Gasteiger partial charge is 0.161 e. The van der Waals surface area contributed by atoms with Crippen molar-refractivity contribution in [3.8, 4) is 17.2 Å². The van der Waals surface area contributed by atoms with Gasteiger partial charge in [0.25, 0.3) is 0 Å². The SMILES string of the molecule is Brc1cc(Cc2ccc3c(c2)OCCO3)c2c(c1)C(COCc1ccccc1)CO2. The van der Waals surface area contributed by atoms with Crippen LogP contribution < -0.4 is 14.2 Å². The fourth-order valence-corrected chi connectivity index (χ4v) is 4.53. The van der Waals surface area contributed by atoms with Gasteiger partial charge in [0, 0.05) is 22.4 Å². The second-order valence-electron chi connectivity index (χ2n) is 7.65. The van der Waals surface area contributed by atoms with Crippen LogP contribution in [0.2, 0.25) is 0 Å². The van der Waals surface area contributed by atoms with E-state index >= 15 is 0 Å². The molecule has 0 spiro atoms. The highest BCUT2D eigenvalue weighted by Crippen LogP contribution is 2.41. The maximum Gasteiger partial charge on any atom is 0.161 e. The molecular weight excluding hydrogens is 444 g/mol. The number of hydrogen-bond acceptors (Lipinski definition) is 4. The summed E-state index contributed by atoms with van der Waals surface area (Å²) >= 11 is 3.68. The first-order valence-electron chi connectivity index (χ1n) is 10.2. The van der Waals surface area contributed by atoms with Crippen LogP contribution in [-0.2, 0) is 17.8 Å². The molecule has 0 aliphatic carbocycles. The van der Waals surface area contributed by atoms with E-state index in [1.54, 1.807) is 0 Å².